The maximum Gasteiger partial charge on any atom is 0.262 e. The molecular weight excluding hydrogens is 318 g/mol. The fraction of sp³-hybridized carbons (Fsp3) is 0.0714. The van der Waals surface area contributed by atoms with Gasteiger partial charge in [-0.3, -0.25) is 4.79 Å². The summed E-state index contributed by atoms with van der Waals surface area (Å²) in [7, 11) is 0. The molecule has 0 unspecified atom stereocenters. The van der Waals surface area contributed by atoms with E-state index in [9.17, 15) is 9.18 Å². The molecular formula is C14H11Cl2FN2O2. The molecule has 0 heterocycles. The Hall–Kier alpha value is -1.98. The van der Waals surface area contributed by atoms with E-state index in [-0.39, 0.29) is 17.4 Å². The molecule has 21 heavy (non-hydrogen) atoms. The van der Waals surface area contributed by atoms with E-state index in [0.29, 0.717) is 16.4 Å². The summed E-state index contributed by atoms with van der Waals surface area (Å²) in [5.74, 6) is -0.864. The van der Waals surface area contributed by atoms with Gasteiger partial charge in [0.2, 0.25) is 0 Å². The minimum absolute atomic E-state index is 0.0154. The van der Waals surface area contributed by atoms with Crippen LogP contribution in [0, 0.1) is 5.82 Å². The monoisotopic (exact) mass is 328 g/mol. The summed E-state index contributed by atoms with van der Waals surface area (Å²) in [5, 5.41) is 2.89. The number of carbonyl (C=O) groups excluding carboxylic acids is 1. The number of ether oxygens (including phenoxy) is 1. The Kier molecular flexibility index (Phi) is 4.88. The molecule has 1 amide bonds. The van der Waals surface area contributed by atoms with E-state index in [0.717, 1.165) is 6.07 Å². The van der Waals surface area contributed by atoms with Gasteiger partial charge >= 0.3 is 0 Å². The zero-order valence-electron chi connectivity index (χ0n) is 10.7. The van der Waals surface area contributed by atoms with Gasteiger partial charge < -0.3 is 15.8 Å². The van der Waals surface area contributed by atoms with Crippen LogP contribution >= 0.6 is 23.2 Å². The lowest BCUT2D eigenvalue weighted by atomic mass is 10.3. The molecule has 0 saturated carbocycles. The van der Waals surface area contributed by atoms with Crippen LogP contribution in [-0.4, -0.2) is 12.5 Å². The molecule has 0 radical (unpaired) electrons. The van der Waals surface area contributed by atoms with E-state index in [1.807, 2.05) is 0 Å². The fourth-order valence-corrected chi connectivity index (χ4v) is 1.82. The van der Waals surface area contributed by atoms with Crippen molar-refractivity contribution in [3.63, 3.8) is 0 Å². The quantitative estimate of drug-likeness (QED) is 0.840. The van der Waals surface area contributed by atoms with Gasteiger partial charge in [0.25, 0.3) is 5.91 Å². The van der Waals surface area contributed by atoms with Crippen LogP contribution in [0.1, 0.15) is 0 Å². The number of amides is 1. The molecule has 0 aliphatic rings. The van der Waals surface area contributed by atoms with Crippen molar-refractivity contribution in [2.45, 2.75) is 0 Å². The number of anilines is 2. The van der Waals surface area contributed by atoms with Gasteiger partial charge in [-0.25, -0.2) is 4.39 Å². The van der Waals surface area contributed by atoms with Gasteiger partial charge in [0, 0.05) is 11.8 Å². The first kappa shape index (κ1) is 15.4. The molecule has 110 valence electrons. The molecule has 3 N–H and O–H groups in total. The maximum atomic E-state index is 13.2. The normalized spacial score (nSPS) is 10.2. The second-order valence-electron chi connectivity index (χ2n) is 4.15. The van der Waals surface area contributed by atoms with E-state index < -0.39 is 11.7 Å². The van der Waals surface area contributed by atoms with Gasteiger partial charge in [-0.15, -0.1) is 0 Å². The molecule has 2 aromatic carbocycles. The van der Waals surface area contributed by atoms with Gasteiger partial charge in [0.15, 0.2) is 6.61 Å². The van der Waals surface area contributed by atoms with Crippen molar-refractivity contribution in [3.05, 3.63) is 52.3 Å². The third-order valence-corrected chi connectivity index (χ3v) is 3.16. The van der Waals surface area contributed by atoms with Crippen molar-refractivity contribution in [3.8, 4) is 5.75 Å². The second kappa shape index (κ2) is 6.65. The lowest BCUT2D eigenvalue weighted by molar-refractivity contribution is -0.118. The summed E-state index contributed by atoms with van der Waals surface area (Å²) in [6.07, 6.45) is 0. The van der Waals surface area contributed by atoms with E-state index in [1.165, 1.54) is 18.2 Å². The van der Waals surface area contributed by atoms with Crippen molar-refractivity contribution < 1.29 is 13.9 Å². The molecule has 0 atom stereocenters. The van der Waals surface area contributed by atoms with Gasteiger partial charge in [-0.1, -0.05) is 23.2 Å². The zero-order chi connectivity index (χ0) is 15.4. The Morgan fingerprint density at radius 3 is 2.62 bits per heavy atom. The summed E-state index contributed by atoms with van der Waals surface area (Å²) < 4.78 is 18.4. The van der Waals surface area contributed by atoms with Crippen molar-refractivity contribution >= 4 is 40.5 Å². The molecule has 0 bridgehead atoms. The van der Waals surface area contributed by atoms with Crippen molar-refractivity contribution in [1.82, 2.24) is 0 Å². The van der Waals surface area contributed by atoms with Gasteiger partial charge in [-0.2, -0.15) is 0 Å². The summed E-state index contributed by atoms with van der Waals surface area (Å²) in [6, 6.07) is 8.63. The Morgan fingerprint density at radius 1 is 1.19 bits per heavy atom. The average molecular weight is 329 g/mol. The highest BCUT2D eigenvalue weighted by Gasteiger charge is 2.08. The average Bonchev–Trinajstić information content (AvgIpc) is 2.44. The van der Waals surface area contributed by atoms with Crippen LogP contribution in [0.4, 0.5) is 15.8 Å². The zero-order valence-corrected chi connectivity index (χ0v) is 12.2. The third-order valence-electron chi connectivity index (χ3n) is 2.53. The number of nitrogen functional groups attached to an aromatic ring is 1. The van der Waals surface area contributed by atoms with E-state index in [1.54, 1.807) is 12.1 Å². The van der Waals surface area contributed by atoms with Crippen LogP contribution in [0.5, 0.6) is 5.75 Å². The predicted octanol–water partition coefficient (Wildman–Crippen LogP) is 3.73. The first-order valence-electron chi connectivity index (χ1n) is 5.88. The second-order valence-corrected chi connectivity index (χ2v) is 4.97. The van der Waals surface area contributed by atoms with Gasteiger partial charge in [0.05, 0.1) is 15.7 Å². The number of nitrogens with one attached hydrogen (secondary N) is 1. The van der Waals surface area contributed by atoms with E-state index in [4.69, 9.17) is 33.7 Å². The number of hydrogen-bond acceptors (Lipinski definition) is 3. The molecule has 0 aromatic heterocycles. The lowest BCUT2D eigenvalue weighted by Crippen LogP contribution is -2.20. The van der Waals surface area contributed by atoms with Crippen LogP contribution in [0.25, 0.3) is 0 Å². The van der Waals surface area contributed by atoms with Gasteiger partial charge in [0.1, 0.15) is 11.6 Å². The van der Waals surface area contributed by atoms with E-state index >= 15 is 0 Å². The highest BCUT2D eigenvalue weighted by atomic mass is 35.5. The minimum atomic E-state index is -0.617. The SMILES string of the molecule is Nc1ccc(Cl)c(NC(=O)COc2ccc(Cl)c(F)c2)c1. The maximum absolute atomic E-state index is 13.2. The molecule has 7 heteroatoms. The lowest BCUT2D eigenvalue weighted by Gasteiger charge is -2.09. The third kappa shape index (κ3) is 4.24. The summed E-state index contributed by atoms with van der Waals surface area (Å²) >= 11 is 11.5. The molecule has 2 aromatic rings. The summed E-state index contributed by atoms with van der Waals surface area (Å²) in [6.45, 7) is -0.299. The fourth-order valence-electron chi connectivity index (χ4n) is 1.54. The van der Waals surface area contributed by atoms with Crippen LogP contribution in [0.15, 0.2) is 36.4 Å². The topological polar surface area (TPSA) is 64.3 Å². The molecule has 4 nitrogen and oxygen atoms in total. The first-order valence-corrected chi connectivity index (χ1v) is 6.64. The van der Waals surface area contributed by atoms with Crippen molar-refractivity contribution in [2.75, 3.05) is 17.7 Å². The summed E-state index contributed by atoms with van der Waals surface area (Å²) in [4.78, 5) is 11.7. The highest BCUT2D eigenvalue weighted by Crippen LogP contribution is 2.24. The Balaban J connectivity index is 1.95. The molecule has 0 aliphatic heterocycles. The van der Waals surface area contributed by atoms with Crippen LogP contribution in [0.3, 0.4) is 0 Å². The van der Waals surface area contributed by atoms with E-state index in [2.05, 4.69) is 5.32 Å². The minimum Gasteiger partial charge on any atom is -0.484 e. The molecule has 0 spiro atoms. The Bertz CT molecular complexity index is 680. The number of nitrogens with two attached hydrogens (primary N) is 1. The molecule has 0 saturated heterocycles. The number of hydrogen-bond donors (Lipinski definition) is 2. The summed E-state index contributed by atoms with van der Waals surface area (Å²) in [5.41, 5.74) is 6.45. The number of carbonyl (C=O) groups is 1. The van der Waals surface area contributed by atoms with Crippen LogP contribution < -0.4 is 15.8 Å². The predicted molar refractivity (Wildman–Crippen MR) is 81.4 cm³/mol. The molecule has 0 aliphatic carbocycles. The number of halogens is 3. The van der Waals surface area contributed by atoms with Crippen molar-refractivity contribution in [1.29, 1.82) is 0 Å². The van der Waals surface area contributed by atoms with Crippen LogP contribution in [0.2, 0.25) is 10.0 Å². The largest absolute Gasteiger partial charge is 0.484 e. The van der Waals surface area contributed by atoms with Gasteiger partial charge in [-0.05, 0) is 30.3 Å². The van der Waals surface area contributed by atoms with Crippen molar-refractivity contribution in [2.24, 2.45) is 0 Å². The number of benzene rings is 2. The first-order chi connectivity index (χ1) is 9.95. The Labute approximate surface area is 130 Å². The molecule has 2 rings (SSSR count). The smallest absolute Gasteiger partial charge is 0.262 e. The number of rotatable bonds is 4. The van der Waals surface area contributed by atoms with Crippen LogP contribution in [-0.2, 0) is 4.79 Å². The standard InChI is InChI=1S/C14H11Cl2FN2O2/c15-10-4-2-9(6-12(10)17)21-7-14(20)19-13-5-8(18)1-3-11(13)16/h1-6H,7,18H2,(H,19,20). The molecule has 0 fully saturated rings. The highest BCUT2D eigenvalue weighted by molar-refractivity contribution is 6.33. The Morgan fingerprint density at radius 2 is 1.90 bits per heavy atom.